The van der Waals surface area contributed by atoms with E-state index in [0.29, 0.717) is 24.5 Å². The predicted octanol–water partition coefficient (Wildman–Crippen LogP) is 1.27. The van der Waals surface area contributed by atoms with Gasteiger partial charge < -0.3 is 19.9 Å². The van der Waals surface area contributed by atoms with Gasteiger partial charge in [0.2, 0.25) is 0 Å². The molecule has 0 spiro atoms. The van der Waals surface area contributed by atoms with Gasteiger partial charge in [0, 0.05) is 25.8 Å². The van der Waals surface area contributed by atoms with E-state index >= 15 is 0 Å². The maximum atomic E-state index is 11.5. The van der Waals surface area contributed by atoms with Crippen LogP contribution in [0.25, 0.3) is 0 Å². The van der Waals surface area contributed by atoms with Crippen LogP contribution in [0.1, 0.15) is 25.0 Å². The average Bonchev–Trinajstić information content (AvgIpc) is 2.41. The van der Waals surface area contributed by atoms with E-state index in [2.05, 4.69) is 5.32 Å². The van der Waals surface area contributed by atoms with Crippen molar-refractivity contribution < 1.29 is 19.4 Å². The van der Waals surface area contributed by atoms with Gasteiger partial charge in [0.15, 0.2) is 6.61 Å². The Morgan fingerprint density at radius 3 is 2.84 bits per heavy atom. The minimum absolute atomic E-state index is 0.0588. The Morgan fingerprint density at radius 2 is 2.16 bits per heavy atom. The summed E-state index contributed by atoms with van der Waals surface area (Å²) in [5, 5.41) is 12.3. The molecule has 0 aromatic heterocycles. The standard InChI is InChI=1S/C14H21NO4/c1-11(16)12-6-3-4-7-13(12)19-10-14(17)15-8-5-9-18-2/h3-4,6-7,11,16H,5,8-10H2,1-2H3,(H,15,17)/t11-/m0/s1. The van der Waals surface area contributed by atoms with Crippen molar-refractivity contribution in [3.8, 4) is 5.75 Å². The molecular weight excluding hydrogens is 246 g/mol. The van der Waals surface area contributed by atoms with Gasteiger partial charge in [-0.05, 0) is 19.4 Å². The van der Waals surface area contributed by atoms with Crippen LogP contribution in [-0.4, -0.2) is 37.9 Å². The molecule has 0 aliphatic heterocycles. The summed E-state index contributed by atoms with van der Waals surface area (Å²) < 4.78 is 10.3. The third-order valence-corrected chi connectivity index (χ3v) is 2.58. The van der Waals surface area contributed by atoms with E-state index in [1.54, 1.807) is 32.2 Å². The highest BCUT2D eigenvalue weighted by atomic mass is 16.5. The summed E-state index contributed by atoms with van der Waals surface area (Å²) >= 11 is 0. The Hall–Kier alpha value is -1.59. The zero-order valence-electron chi connectivity index (χ0n) is 11.4. The SMILES string of the molecule is COCCCNC(=O)COc1ccccc1[C@H](C)O. The summed E-state index contributed by atoms with van der Waals surface area (Å²) in [6.07, 6.45) is 0.146. The number of aliphatic hydroxyl groups excluding tert-OH is 1. The first-order valence-electron chi connectivity index (χ1n) is 6.30. The number of nitrogens with one attached hydrogen (secondary N) is 1. The lowest BCUT2D eigenvalue weighted by Gasteiger charge is -2.13. The Balaban J connectivity index is 2.38. The molecule has 2 N–H and O–H groups in total. The van der Waals surface area contributed by atoms with Crippen molar-refractivity contribution >= 4 is 5.91 Å². The first-order valence-corrected chi connectivity index (χ1v) is 6.30. The smallest absolute Gasteiger partial charge is 0.257 e. The van der Waals surface area contributed by atoms with E-state index in [1.165, 1.54) is 0 Å². The number of rotatable bonds is 8. The van der Waals surface area contributed by atoms with Crippen LogP contribution >= 0.6 is 0 Å². The molecule has 1 rings (SSSR count). The monoisotopic (exact) mass is 267 g/mol. The highest BCUT2D eigenvalue weighted by Gasteiger charge is 2.09. The van der Waals surface area contributed by atoms with Gasteiger partial charge >= 0.3 is 0 Å². The van der Waals surface area contributed by atoms with Crippen LogP contribution in [0.15, 0.2) is 24.3 Å². The van der Waals surface area contributed by atoms with Gasteiger partial charge in [-0.3, -0.25) is 4.79 Å². The Bertz CT molecular complexity index is 393. The number of carbonyl (C=O) groups is 1. The summed E-state index contributed by atoms with van der Waals surface area (Å²) in [6.45, 7) is 2.78. The second-order valence-electron chi connectivity index (χ2n) is 4.20. The molecule has 1 aromatic carbocycles. The van der Waals surface area contributed by atoms with Crippen LogP contribution in [0.3, 0.4) is 0 Å². The zero-order chi connectivity index (χ0) is 14.1. The molecule has 5 heteroatoms. The number of ether oxygens (including phenoxy) is 2. The lowest BCUT2D eigenvalue weighted by molar-refractivity contribution is -0.123. The van der Waals surface area contributed by atoms with Crippen molar-refractivity contribution in [3.63, 3.8) is 0 Å². The number of hydrogen-bond donors (Lipinski definition) is 2. The summed E-state index contributed by atoms with van der Waals surface area (Å²) in [7, 11) is 1.62. The second kappa shape index (κ2) is 8.50. The molecule has 19 heavy (non-hydrogen) atoms. The Labute approximate surface area is 113 Å². The molecule has 106 valence electrons. The summed E-state index contributed by atoms with van der Waals surface area (Å²) in [5.74, 6) is 0.348. The molecular formula is C14H21NO4. The second-order valence-corrected chi connectivity index (χ2v) is 4.20. The molecule has 0 saturated heterocycles. The number of para-hydroxylation sites is 1. The molecule has 5 nitrogen and oxygen atoms in total. The molecule has 0 fully saturated rings. The lowest BCUT2D eigenvalue weighted by atomic mass is 10.1. The molecule has 0 unspecified atom stereocenters. The average molecular weight is 267 g/mol. The molecule has 0 aliphatic rings. The third kappa shape index (κ3) is 5.72. The van der Waals surface area contributed by atoms with Gasteiger partial charge in [0.1, 0.15) is 5.75 Å². The highest BCUT2D eigenvalue weighted by Crippen LogP contribution is 2.24. The molecule has 1 aromatic rings. The highest BCUT2D eigenvalue weighted by molar-refractivity contribution is 5.77. The summed E-state index contributed by atoms with van der Waals surface area (Å²) in [4.78, 5) is 11.5. The van der Waals surface area contributed by atoms with Crippen LogP contribution < -0.4 is 10.1 Å². The first-order chi connectivity index (χ1) is 9.15. The first kappa shape index (κ1) is 15.5. The van der Waals surface area contributed by atoms with E-state index in [9.17, 15) is 9.90 Å². The number of aliphatic hydroxyl groups is 1. The fourth-order valence-electron chi connectivity index (χ4n) is 1.60. The van der Waals surface area contributed by atoms with Gasteiger partial charge in [-0.15, -0.1) is 0 Å². The third-order valence-electron chi connectivity index (χ3n) is 2.58. The molecule has 1 atom stereocenters. The van der Waals surface area contributed by atoms with E-state index in [0.717, 1.165) is 6.42 Å². The van der Waals surface area contributed by atoms with Crippen LogP contribution in [0.5, 0.6) is 5.75 Å². The van der Waals surface area contributed by atoms with Gasteiger partial charge in [0.05, 0.1) is 6.10 Å². The van der Waals surface area contributed by atoms with Crippen molar-refractivity contribution in [3.05, 3.63) is 29.8 Å². The van der Waals surface area contributed by atoms with Crippen molar-refractivity contribution in [2.75, 3.05) is 26.9 Å². The fourth-order valence-corrected chi connectivity index (χ4v) is 1.60. The molecule has 0 heterocycles. The molecule has 1 amide bonds. The van der Waals surface area contributed by atoms with E-state index in [1.807, 2.05) is 6.07 Å². The van der Waals surface area contributed by atoms with Crippen molar-refractivity contribution in [1.29, 1.82) is 0 Å². The van der Waals surface area contributed by atoms with Crippen LogP contribution in [0.4, 0.5) is 0 Å². The molecule has 0 aliphatic carbocycles. The molecule has 0 bridgehead atoms. The fraction of sp³-hybridized carbons (Fsp3) is 0.500. The number of carbonyl (C=O) groups excluding carboxylic acids is 1. The summed E-state index contributed by atoms with van der Waals surface area (Å²) in [5.41, 5.74) is 0.676. The van der Waals surface area contributed by atoms with E-state index < -0.39 is 6.10 Å². The predicted molar refractivity (Wildman–Crippen MR) is 72.1 cm³/mol. The Kier molecular flexibility index (Phi) is 6.92. The number of benzene rings is 1. The zero-order valence-corrected chi connectivity index (χ0v) is 11.4. The maximum absolute atomic E-state index is 11.5. The normalized spacial score (nSPS) is 11.9. The number of hydrogen-bond acceptors (Lipinski definition) is 4. The minimum atomic E-state index is -0.624. The van der Waals surface area contributed by atoms with Gasteiger partial charge in [-0.1, -0.05) is 18.2 Å². The summed E-state index contributed by atoms with van der Waals surface area (Å²) in [6, 6.07) is 7.13. The Morgan fingerprint density at radius 1 is 1.42 bits per heavy atom. The van der Waals surface area contributed by atoms with E-state index in [-0.39, 0.29) is 12.5 Å². The number of methoxy groups -OCH3 is 1. The van der Waals surface area contributed by atoms with Crippen molar-refractivity contribution in [1.82, 2.24) is 5.32 Å². The van der Waals surface area contributed by atoms with Crippen molar-refractivity contribution in [2.45, 2.75) is 19.4 Å². The van der Waals surface area contributed by atoms with Crippen LogP contribution in [-0.2, 0) is 9.53 Å². The lowest BCUT2D eigenvalue weighted by Crippen LogP contribution is -2.30. The van der Waals surface area contributed by atoms with Gasteiger partial charge in [-0.25, -0.2) is 0 Å². The van der Waals surface area contributed by atoms with Crippen molar-refractivity contribution in [2.24, 2.45) is 0 Å². The van der Waals surface area contributed by atoms with Crippen LogP contribution in [0.2, 0.25) is 0 Å². The van der Waals surface area contributed by atoms with E-state index in [4.69, 9.17) is 9.47 Å². The maximum Gasteiger partial charge on any atom is 0.257 e. The van der Waals surface area contributed by atoms with Gasteiger partial charge in [-0.2, -0.15) is 0 Å². The topological polar surface area (TPSA) is 67.8 Å². The van der Waals surface area contributed by atoms with Crippen LogP contribution in [0, 0.1) is 0 Å². The van der Waals surface area contributed by atoms with Gasteiger partial charge in [0.25, 0.3) is 5.91 Å². The number of amides is 1. The minimum Gasteiger partial charge on any atom is -0.483 e. The molecule has 0 saturated carbocycles. The quantitative estimate of drug-likeness (QED) is 0.696. The largest absolute Gasteiger partial charge is 0.483 e. The molecule has 0 radical (unpaired) electrons.